The Hall–Kier alpha value is -3.06. The quantitative estimate of drug-likeness (QED) is 0.622. The lowest BCUT2D eigenvalue weighted by Crippen LogP contribution is -2.11. The molecule has 2 heterocycles. The third kappa shape index (κ3) is 3.02. The number of thiazole rings is 1. The number of benzene rings is 2. The maximum absolute atomic E-state index is 12.3. The molecule has 0 aliphatic heterocycles. The van der Waals surface area contributed by atoms with Crippen LogP contribution in [0.15, 0.2) is 61.2 Å². The van der Waals surface area contributed by atoms with Crippen molar-refractivity contribution in [2.75, 3.05) is 5.32 Å². The van der Waals surface area contributed by atoms with Gasteiger partial charge in [-0.3, -0.25) is 10.1 Å². The van der Waals surface area contributed by atoms with Gasteiger partial charge in [-0.05, 0) is 29.8 Å². The highest BCUT2D eigenvalue weighted by molar-refractivity contribution is 7.22. The number of hydrogen-bond donors (Lipinski definition) is 1. The lowest BCUT2D eigenvalue weighted by atomic mass is 10.1. The van der Waals surface area contributed by atoms with E-state index in [0.717, 1.165) is 15.8 Å². The second-order valence-electron chi connectivity index (χ2n) is 5.23. The molecule has 0 atom stereocenters. The van der Waals surface area contributed by atoms with Crippen LogP contribution in [0.25, 0.3) is 10.2 Å². The Balaban J connectivity index is 1.47. The van der Waals surface area contributed by atoms with Gasteiger partial charge in [0.1, 0.15) is 12.7 Å². The lowest BCUT2D eigenvalue weighted by molar-refractivity contribution is 0.102. The summed E-state index contributed by atoms with van der Waals surface area (Å²) in [6.07, 6.45) is 3.16. The summed E-state index contributed by atoms with van der Waals surface area (Å²) >= 11 is 1.46. The zero-order valence-electron chi connectivity index (χ0n) is 12.6. The zero-order chi connectivity index (χ0) is 16.4. The van der Waals surface area contributed by atoms with E-state index in [2.05, 4.69) is 20.4 Å². The van der Waals surface area contributed by atoms with Gasteiger partial charge in [0, 0.05) is 5.56 Å². The average molecular weight is 335 g/mol. The van der Waals surface area contributed by atoms with E-state index in [9.17, 15) is 4.79 Å². The molecule has 2 aromatic heterocycles. The second-order valence-corrected chi connectivity index (χ2v) is 6.26. The van der Waals surface area contributed by atoms with Gasteiger partial charge in [-0.1, -0.05) is 35.6 Å². The molecule has 4 rings (SSSR count). The molecule has 2 aromatic carbocycles. The molecule has 0 saturated heterocycles. The Morgan fingerprint density at radius 3 is 2.71 bits per heavy atom. The number of rotatable bonds is 4. The van der Waals surface area contributed by atoms with E-state index in [4.69, 9.17) is 0 Å². The van der Waals surface area contributed by atoms with Crippen LogP contribution in [0.4, 0.5) is 5.13 Å². The van der Waals surface area contributed by atoms with Gasteiger partial charge in [-0.25, -0.2) is 14.6 Å². The Kier molecular flexibility index (Phi) is 3.76. The van der Waals surface area contributed by atoms with Gasteiger partial charge in [0.05, 0.1) is 16.8 Å². The predicted molar refractivity (Wildman–Crippen MR) is 93.1 cm³/mol. The van der Waals surface area contributed by atoms with Crippen LogP contribution in [0, 0.1) is 0 Å². The van der Waals surface area contributed by atoms with Crippen LogP contribution in [-0.2, 0) is 6.54 Å². The first-order chi connectivity index (χ1) is 11.8. The van der Waals surface area contributed by atoms with Crippen LogP contribution >= 0.6 is 11.3 Å². The van der Waals surface area contributed by atoms with Gasteiger partial charge in [-0.15, -0.1) is 0 Å². The van der Waals surface area contributed by atoms with Crippen molar-refractivity contribution >= 4 is 32.6 Å². The molecule has 0 spiro atoms. The maximum Gasteiger partial charge on any atom is 0.257 e. The van der Waals surface area contributed by atoms with Gasteiger partial charge < -0.3 is 0 Å². The van der Waals surface area contributed by atoms with Crippen molar-refractivity contribution in [1.82, 2.24) is 19.7 Å². The van der Waals surface area contributed by atoms with E-state index in [1.165, 1.54) is 17.7 Å². The molecule has 0 saturated carbocycles. The second kappa shape index (κ2) is 6.21. The van der Waals surface area contributed by atoms with Crippen molar-refractivity contribution in [1.29, 1.82) is 0 Å². The molecule has 6 nitrogen and oxygen atoms in total. The molecule has 0 fully saturated rings. The standard InChI is InChI=1S/C17H13N5OS/c23-16(21-17-20-14-3-1-2-4-15(14)24-17)13-7-5-12(6-8-13)9-22-11-18-10-19-22/h1-8,10-11H,9H2,(H,20,21,23). The number of aromatic nitrogens is 4. The van der Waals surface area contributed by atoms with Crippen LogP contribution in [0.1, 0.15) is 15.9 Å². The highest BCUT2D eigenvalue weighted by Gasteiger charge is 2.10. The molecule has 0 aliphatic rings. The lowest BCUT2D eigenvalue weighted by Gasteiger charge is -2.04. The normalized spacial score (nSPS) is 10.8. The largest absolute Gasteiger partial charge is 0.298 e. The van der Waals surface area contributed by atoms with E-state index in [1.54, 1.807) is 23.1 Å². The summed E-state index contributed by atoms with van der Waals surface area (Å²) in [6.45, 7) is 0.625. The minimum absolute atomic E-state index is 0.165. The first-order valence-electron chi connectivity index (χ1n) is 7.36. The van der Waals surface area contributed by atoms with E-state index < -0.39 is 0 Å². The van der Waals surface area contributed by atoms with Crippen molar-refractivity contribution in [3.63, 3.8) is 0 Å². The summed E-state index contributed by atoms with van der Waals surface area (Å²) in [5, 5.41) is 7.52. The number of nitrogens with one attached hydrogen (secondary N) is 1. The van der Waals surface area contributed by atoms with Gasteiger partial charge in [-0.2, -0.15) is 5.10 Å². The van der Waals surface area contributed by atoms with Gasteiger partial charge in [0.2, 0.25) is 0 Å². The fourth-order valence-corrected chi connectivity index (χ4v) is 3.22. The molecular weight excluding hydrogens is 322 g/mol. The number of carbonyl (C=O) groups excluding carboxylic acids is 1. The van der Waals surface area contributed by atoms with Crippen molar-refractivity contribution < 1.29 is 4.79 Å². The van der Waals surface area contributed by atoms with Gasteiger partial charge in [0.15, 0.2) is 5.13 Å². The topological polar surface area (TPSA) is 72.7 Å². The molecular formula is C17H13N5OS. The van der Waals surface area contributed by atoms with Crippen molar-refractivity contribution in [3.05, 3.63) is 72.3 Å². The Morgan fingerprint density at radius 1 is 1.12 bits per heavy atom. The highest BCUT2D eigenvalue weighted by Crippen LogP contribution is 2.25. The summed E-state index contributed by atoms with van der Waals surface area (Å²) in [7, 11) is 0. The number of nitrogens with zero attached hydrogens (tertiary/aromatic N) is 4. The minimum atomic E-state index is -0.165. The fraction of sp³-hybridized carbons (Fsp3) is 0.0588. The minimum Gasteiger partial charge on any atom is -0.298 e. The molecule has 1 amide bonds. The van der Waals surface area contributed by atoms with Crippen molar-refractivity contribution in [2.45, 2.75) is 6.54 Å². The number of amides is 1. The zero-order valence-corrected chi connectivity index (χ0v) is 13.4. The van der Waals surface area contributed by atoms with E-state index in [0.29, 0.717) is 17.2 Å². The number of para-hydroxylation sites is 1. The summed E-state index contributed by atoms with van der Waals surface area (Å²) < 4.78 is 2.78. The average Bonchev–Trinajstić information content (AvgIpc) is 3.24. The third-order valence-electron chi connectivity index (χ3n) is 3.54. The van der Waals surface area contributed by atoms with Crippen molar-refractivity contribution in [2.24, 2.45) is 0 Å². The van der Waals surface area contributed by atoms with Crippen LogP contribution in [0.3, 0.4) is 0 Å². The number of anilines is 1. The van der Waals surface area contributed by atoms with Crippen LogP contribution in [-0.4, -0.2) is 25.7 Å². The molecule has 0 aliphatic carbocycles. The first kappa shape index (κ1) is 14.5. The van der Waals surface area contributed by atoms with Crippen LogP contribution < -0.4 is 5.32 Å². The molecule has 0 radical (unpaired) electrons. The Morgan fingerprint density at radius 2 is 1.96 bits per heavy atom. The van der Waals surface area contributed by atoms with Crippen LogP contribution in [0.2, 0.25) is 0 Å². The number of fused-ring (bicyclic) bond motifs is 1. The Labute approximate surface area is 141 Å². The third-order valence-corrected chi connectivity index (χ3v) is 4.49. The molecule has 118 valence electrons. The SMILES string of the molecule is O=C(Nc1nc2ccccc2s1)c1ccc(Cn2cncn2)cc1. The van der Waals surface area contributed by atoms with E-state index >= 15 is 0 Å². The van der Waals surface area contributed by atoms with Crippen LogP contribution in [0.5, 0.6) is 0 Å². The van der Waals surface area contributed by atoms with E-state index in [1.807, 2.05) is 36.4 Å². The molecule has 24 heavy (non-hydrogen) atoms. The summed E-state index contributed by atoms with van der Waals surface area (Å²) in [6, 6.07) is 15.2. The molecule has 4 aromatic rings. The first-order valence-corrected chi connectivity index (χ1v) is 8.18. The number of carbonyl (C=O) groups is 1. The molecule has 1 N–H and O–H groups in total. The highest BCUT2D eigenvalue weighted by atomic mass is 32.1. The summed E-state index contributed by atoms with van der Waals surface area (Å²) in [5.74, 6) is -0.165. The smallest absolute Gasteiger partial charge is 0.257 e. The monoisotopic (exact) mass is 335 g/mol. The van der Waals surface area contributed by atoms with Crippen molar-refractivity contribution in [3.8, 4) is 0 Å². The molecule has 0 bridgehead atoms. The van der Waals surface area contributed by atoms with Gasteiger partial charge >= 0.3 is 0 Å². The maximum atomic E-state index is 12.3. The molecule has 7 heteroatoms. The van der Waals surface area contributed by atoms with E-state index in [-0.39, 0.29) is 5.91 Å². The summed E-state index contributed by atoms with van der Waals surface area (Å²) in [5.41, 5.74) is 2.54. The summed E-state index contributed by atoms with van der Waals surface area (Å²) in [4.78, 5) is 20.7. The number of hydrogen-bond acceptors (Lipinski definition) is 5. The van der Waals surface area contributed by atoms with Gasteiger partial charge in [0.25, 0.3) is 5.91 Å². The Bertz CT molecular complexity index is 943. The fourth-order valence-electron chi connectivity index (χ4n) is 2.36. The predicted octanol–water partition coefficient (Wildman–Crippen LogP) is 3.19. The molecule has 0 unspecified atom stereocenters.